The Morgan fingerprint density at radius 3 is 1.77 bits per heavy atom. The van der Waals surface area contributed by atoms with Crippen molar-refractivity contribution >= 4 is 0 Å². The summed E-state index contributed by atoms with van der Waals surface area (Å²) in [5.74, 6) is 3.21. The van der Waals surface area contributed by atoms with E-state index in [2.05, 4.69) is 44.2 Å². The van der Waals surface area contributed by atoms with Crippen LogP contribution in [-0.2, 0) is 19.3 Å². The fourth-order valence-electron chi connectivity index (χ4n) is 3.71. The Morgan fingerprint density at radius 2 is 1.16 bits per heavy atom. The zero-order valence-corrected chi connectivity index (χ0v) is 19.2. The molecule has 3 rings (SSSR count). The molecule has 3 aromatic carbocycles. The third kappa shape index (κ3) is 6.42. The Kier molecular flexibility index (Phi) is 7.82. The molecule has 4 nitrogen and oxygen atoms in total. The van der Waals surface area contributed by atoms with E-state index in [-0.39, 0.29) is 0 Å². The third-order valence-corrected chi connectivity index (χ3v) is 5.28. The van der Waals surface area contributed by atoms with Crippen LogP contribution in [0.4, 0.5) is 0 Å². The van der Waals surface area contributed by atoms with Crippen LogP contribution in [0.25, 0.3) is 0 Å². The second kappa shape index (κ2) is 10.8. The minimum atomic E-state index is 0.607. The minimum Gasteiger partial charge on any atom is -0.497 e. The van der Waals surface area contributed by atoms with E-state index >= 15 is 0 Å². The van der Waals surface area contributed by atoms with Crippen molar-refractivity contribution in [3.8, 4) is 23.0 Å². The summed E-state index contributed by atoms with van der Waals surface area (Å²) in [5.41, 5.74) is 6.23. The molecule has 4 heteroatoms. The van der Waals surface area contributed by atoms with Crippen molar-refractivity contribution in [3.63, 3.8) is 0 Å². The van der Waals surface area contributed by atoms with Crippen LogP contribution in [0, 0.1) is 13.8 Å². The summed E-state index contributed by atoms with van der Waals surface area (Å²) in [6, 6.07) is 18.8. The molecule has 0 N–H and O–H groups in total. The van der Waals surface area contributed by atoms with Crippen molar-refractivity contribution < 1.29 is 18.9 Å². The first-order chi connectivity index (χ1) is 15.0. The Balaban J connectivity index is 1.63. The summed E-state index contributed by atoms with van der Waals surface area (Å²) >= 11 is 0. The molecule has 0 radical (unpaired) electrons. The van der Waals surface area contributed by atoms with Gasteiger partial charge in [-0.05, 0) is 73.2 Å². The highest BCUT2D eigenvalue weighted by Crippen LogP contribution is 2.28. The number of ether oxygens (including phenoxy) is 4. The van der Waals surface area contributed by atoms with E-state index in [0.717, 1.165) is 47.8 Å². The highest BCUT2D eigenvalue weighted by Gasteiger charge is 2.07. The van der Waals surface area contributed by atoms with Crippen molar-refractivity contribution in [1.82, 2.24) is 0 Å². The van der Waals surface area contributed by atoms with Crippen LogP contribution in [-0.4, -0.2) is 27.9 Å². The molecule has 0 bridgehead atoms. The minimum absolute atomic E-state index is 0.607. The molecule has 0 saturated carbocycles. The monoisotopic (exact) mass is 420 g/mol. The van der Waals surface area contributed by atoms with Crippen molar-refractivity contribution in [1.29, 1.82) is 0 Å². The fraction of sp³-hybridized carbons (Fsp3) is 0.333. The maximum Gasteiger partial charge on any atom is 0.161 e. The van der Waals surface area contributed by atoms with E-state index in [1.165, 1.54) is 22.3 Å². The second-order valence-corrected chi connectivity index (χ2v) is 7.80. The summed E-state index contributed by atoms with van der Waals surface area (Å²) in [4.78, 5) is 0. The quantitative estimate of drug-likeness (QED) is 0.419. The lowest BCUT2D eigenvalue weighted by Gasteiger charge is -2.13. The summed E-state index contributed by atoms with van der Waals surface area (Å²) < 4.78 is 22.2. The van der Waals surface area contributed by atoms with E-state index in [9.17, 15) is 0 Å². The van der Waals surface area contributed by atoms with Crippen molar-refractivity contribution in [3.05, 3.63) is 82.4 Å². The fourth-order valence-corrected chi connectivity index (χ4v) is 3.71. The van der Waals surface area contributed by atoms with Crippen LogP contribution >= 0.6 is 0 Å². The van der Waals surface area contributed by atoms with Crippen LogP contribution in [0.3, 0.4) is 0 Å². The molecule has 0 unspecified atom stereocenters. The van der Waals surface area contributed by atoms with Gasteiger partial charge in [-0.2, -0.15) is 0 Å². The SMILES string of the molecule is COc1cc(CCc2cc(C)cc(CCOc3cc(C)ccc3OC)c2)cc(OC)c1. The Hall–Kier alpha value is -3.14. The molecule has 0 fully saturated rings. The van der Waals surface area contributed by atoms with Crippen molar-refractivity contribution in [2.45, 2.75) is 33.1 Å². The topological polar surface area (TPSA) is 36.9 Å². The number of hydrogen-bond acceptors (Lipinski definition) is 4. The maximum atomic E-state index is 6.02. The molecular weight excluding hydrogens is 388 g/mol. The normalized spacial score (nSPS) is 10.6. The molecule has 0 aliphatic rings. The van der Waals surface area contributed by atoms with E-state index < -0.39 is 0 Å². The Labute approximate surface area is 185 Å². The molecular formula is C27H32O4. The summed E-state index contributed by atoms with van der Waals surface area (Å²) in [5, 5.41) is 0. The number of benzene rings is 3. The van der Waals surface area contributed by atoms with Gasteiger partial charge in [-0.25, -0.2) is 0 Å². The van der Waals surface area contributed by atoms with Gasteiger partial charge in [0.2, 0.25) is 0 Å². The number of aryl methyl sites for hydroxylation is 4. The maximum absolute atomic E-state index is 6.02. The van der Waals surface area contributed by atoms with Gasteiger partial charge in [-0.3, -0.25) is 0 Å². The molecule has 0 aliphatic carbocycles. The largest absolute Gasteiger partial charge is 0.497 e. The first-order valence-corrected chi connectivity index (χ1v) is 10.6. The highest BCUT2D eigenvalue weighted by molar-refractivity contribution is 5.43. The first kappa shape index (κ1) is 22.5. The predicted molar refractivity (Wildman–Crippen MR) is 125 cm³/mol. The van der Waals surface area contributed by atoms with Gasteiger partial charge in [0.05, 0.1) is 27.9 Å². The highest BCUT2D eigenvalue weighted by atomic mass is 16.5. The molecule has 31 heavy (non-hydrogen) atoms. The van der Waals surface area contributed by atoms with Crippen molar-refractivity contribution in [2.75, 3.05) is 27.9 Å². The first-order valence-electron chi connectivity index (χ1n) is 10.6. The van der Waals surface area contributed by atoms with Crippen LogP contribution < -0.4 is 18.9 Å². The molecule has 0 atom stereocenters. The number of methoxy groups -OCH3 is 3. The van der Waals surface area contributed by atoms with E-state index in [4.69, 9.17) is 18.9 Å². The number of rotatable bonds is 10. The van der Waals surface area contributed by atoms with Crippen LogP contribution in [0.1, 0.15) is 27.8 Å². The van der Waals surface area contributed by atoms with Gasteiger partial charge in [0.1, 0.15) is 11.5 Å². The smallest absolute Gasteiger partial charge is 0.161 e. The van der Waals surface area contributed by atoms with E-state index in [1.807, 2.05) is 24.3 Å². The zero-order valence-electron chi connectivity index (χ0n) is 19.2. The summed E-state index contributed by atoms with van der Waals surface area (Å²) in [7, 11) is 5.03. The standard InChI is InChI=1S/C27H32O4/c1-19-6-9-26(30-5)27(14-19)31-11-10-23-13-20(2)12-21(15-23)7-8-22-16-24(28-3)18-25(17-22)29-4/h6,9,12-18H,7-8,10-11H2,1-5H3. The van der Waals surface area contributed by atoms with Gasteiger partial charge in [-0.15, -0.1) is 0 Å². The average molecular weight is 421 g/mol. The van der Waals surface area contributed by atoms with E-state index in [1.54, 1.807) is 21.3 Å². The Morgan fingerprint density at radius 1 is 0.548 bits per heavy atom. The molecule has 0 aliphatic heterocycles. The van der Waals surface area contributed by atoms with E-state index in [0.29, 0.717) is 6.61 Å². The van der Waals surface area contributed by atoms with Crippen LogP contribution in [0.2, 0.25) is 0 Å². The lowest BCUT2D eigenvalue weighted by Crippen LogP contribution is -2.04. The molecule has 0 spiro atoms. The lowest BCUT2D eigenvalue weighted by molar-refractivity contribution is 0.297. The second-order valence-electron chi connectivity index (χ2n) is 7.80. The summed E-state index contributed by atoms with van der Waals surface area (Å²) in [6.07, 6.45) is 2.73. The molecule has 3 aromatic rings. The molecule has 0 heterocycles. The van der Waals surface area contributed by atoms with Crippen LogP contribution in [0.5, 0.6) is 23.0 Å². The van der Waals surface area contributed by atoms with Gasteiger partial charge in [0.25, 0.3) is 0 Å². The average Bonchev–Trinajstić information content (AvgIpc) is 2.77. The molecule has 0 amide bonds. The van der Waals surface area contributed by atoms with Crippen molar-refractivity contribution in [2.24, 2.45) is 0 Å². The van der Waals surface area contributed by atoms with Gasteiger partial charge >= 0.3 is 0 Å². The number of hydrogen-bond donors (Lipinski definition) is 0. The van der Waals surface area contributed by atoms with Gasteiger partial charge in [0.15, 0.2) is 11.5 Å². The Bertz CT molecular complexity index is 988. The third-order valence-electron chi connectivity index (χ3n) is 5.28. The van der Waals surface area contributed by atoms with Gasteiger partial charge in [0, 0.05) is 12.5 Å². The summed E-state index contributed by atoms with van der Waals surface area (Å²) in [6.45, 7) is 4.80. The lowest BCUT2D eigenvalue weighted by atomic mass is 9.99. The molecule has 164 valence electrons. The van der Waals surface area contributed by atoms with Crippen LogP contribution in [0.15, 0.2) is 54.6 Å². The molecule has 0 aromatic heterocycles. The predicted octanol–water partition coefficient (Wildman–Crippen LogP) is 5.74. The van der Waals surface area contributed by atoms with Gasteiger partial charge in [-0.1, -0.05) is 29.8 Å². The molecule has 0 saturated heterocycles. The van der Waals surface area contributed by atoms with Gasteiger partial charge < -0.3 is 18.9 Å². The zero-order chi connectivity index (χ0) is 22.2.